The van der Waals surface area contributed by atoms with Crippen LogP contribution in [0.4, 0.5) is 10.1 Å². The normalized spacial score (nSPS) is 11.4. The predicted octanol–water partition coefficient (Wildman–Crippen LogP) is 2.43. The molecule has 3 nitrogen and oxygen atoms in total. The van der Waals surface area contributed by atoms with Crippen LogP contribution in [-0.4, -0.2) is 26.5 Å². The number of hydrogen-bond acceptors (Lipinski definition) is 3. The topological polar surface area (TPSA) is 46.2 Å². The predicted molar refractivity (Wildman–Crippen MR) is 66.9 cm³/mol. The Balaban J connectivity index is 2.62. The second-order valence-corrected chi connectivity index (χ2v) is 6.59. The molecule has 0 heterocycles. The van der Waals surface area contributed by atoms with Crippen molar-refractivity contribution >= 4 is 31.5 Å². The minimum absolute atomic E-state index is 0.00424. The first kappa shape index (κ1) is 13.4. The molecule has 0 unspecified atom stereocenters. The van der Waals surface area contributed by atoms with E-state index in [0.29, 0.717) is 10.2 Å². The summed E-state index contributed by atoms with van der Waals surface area (Å²) >= 11 is 3.19. The number of benzene rings is 1. The fraction of sp³-hybridized carbons (Fsp3) is 0.400. The van der Waals surface area contributed by atoms with Crippen LogP contribution in [0.5, 0.6) is 0 Å². The second kappa shape index (κ2) is 5.63. The van der Waals surface area contributed by atoms with Crippen LogP contribution in [0.25, 0.3) is 0 Å². The minimum atomic E-state index is -3.02. The van der Waals surface area contributed by atoms with Gasteiger partial charge in [0.15, 0.2) is 9.84 Å². The van der Waals surface area contributed by atoms with E-state index in [-0.39, 0.29) is 18.1 Å². The summed E-state index contributed by atoms with van der Waals surface area (Å²) in [6, 6.07) is 4.59. The lowest BCUT2D eigenvalue weighted by atomic mass is 10.3. The summed E-state index contributed by atoms with van der Waals surface area (Å²) in [6.07, 6.45) is 0. The molecule has 16 heavy (non-hydrogen) atoms. The SMILES string of the molecule is CCS(=O)(=O)CCNc1c(F)cccc1Br. The van der Waals surface area contributed by atoms with E-state index in [9.17, 15) is 12.8 Å². The maximum Gasteiger partial charge on any atom is 0.151 e. The van der Waals surface area contributed by atoms with Crippen molar-refractivity contribution in [2.75, 3.05) is 23.4 Å². The Hall–Kier alpha value is -0.620. The lowest BCUT2D eigenvalue weighted by Crippen LogP contribution is -2.17. The molecule has 0 radical (unpaired) electrons. The minimum Gasteiger partial charge on any atom is -0.381 e. The van der Waals surface area contributed by atoms with Gasteiger partial charge in [0.05, 0.1) is 11.4 Å². The van der Waals surface area contributed by atoms with E-state index in [1.807, 2.05) is 0 Å². The molecule has 0 aliphatic rings. The van der Waals surface area contributed by atoms with Crippen molar-refractivity contribution in [2.24, 2.45) is 0 Å². The van der Waals surface area contributed by atoms with Gasteiger partial charge in [-0.2, -0.15) is 0 Å². The second-order valence-electron chi connectivity index (χ2n) is 3.26. The van der Waals surface area contributed by atoms with Gasteiger partial charge < -0.3 is 5.32 Å². The number of para-hydroxylation sites is 1. The molecule has 0 saturated carbocycles. The molecule has 1 aromatic carbocycles. The van der Waals surface area contributed by atoms with Crippen molar-refractivity contribution in [3.05, 3.63) is 28.5 Å². The van der Waals surface area contributed by atoms with Gasteiger partial charge in [-0.1, -0.05) is 13.0 Å². The van der Waals surface area contributed by atoms with Gasteiger partial charge in [0.1, 0.15) is 5.82 Å². The lowest BCUT2D eigenvalue weighted by molar-refractivity contribution is 0.597. The fourth-order valence-corrected chi connectivity index (χ4v) is 2.33. The van der Waals surface area contributed by atoms with Crippen molar-refractivity contribution in [3.63, 3.8) is 0 Å². The summed E-state index contributed by atoms with van der Waals surface area (Å²) < 4.78 is 36.3. The maximum atomic E-state index is 13.3. The molecule has 0 atom stereocenters. The Morgan fingerprint density at radius 1 is 1.44 bits per heavy atom. The molecular weight excluding hydrogens is 297 g/mol. The maximum absolute atomic E-state index is 13.3. The Morgan fingerprint density at radius 2 is 2.12 bits per heavy atom. The summed E-state index contributed by atoms with van der Waals surface area (Å²) in [6.45, 7) is 1.80. The smallest absolute Gasteiger partial charge is 0.151 e. The highest BCUT2D eigenvalue weighted by molar-refractivity contribution is 9.10. The molecule has 1 rings (SSSR count). The van der Waals surface area contributed by atoms with Crippen LogP contribution >= 0.6 is 15.9 Å². The molecule has 6 heteroatoms. The highest BCUT2D eigenvalue weighted by Gasteiger charge is 2.09. The first-order valence-corrected chi connectivity index (χ1v) is 7.46. The summed E-state index contributed by atoms with van der Waals surface area (Å²) in [5.74, 6) is -0.291. The van der Waals surface area contributed by atoms with Crippen LogP contribution in [0.15, 0.2) is 22.7 Å². The zero-order valence-corrected chi connectivity index (χ0v) is 11.2. The van der Waals surface area contributed by atoms with Gasteiger partial charge in [-0.05, 0) is 28.1 Å². The lowest BCUT2D eigenvalue weighted by Gasteiger charge is -2.09. The fourth-order valence-electron chi connectivity index (χ4n) is 1.14. The standard InChI is InChI=1S/C10H13BrFNO2S/c1-2-16(14,15)7-6-13-10-8(11)4-3-5-9(10)12/h3-5,13H,2,6-7H2,1H3. The van der Waals surface area contributed by atoms with Crippen molar-refractivity contribution in [3.8, 4) is 0 Å². The van der Waals surface area contributed by atoms with E-state index < -0.39 is 15.7 Å². The van der Waals surface area contributed by atoms with Crippen LogP contribution < -0.4 is 5.32 Å². The third kappa shape index (κ3) is 3.75. The number of hydrogen-bond donors (Lipinski definition) is 1. The number of halogens is 2. The zero-order valence-electron chi connectivity index (χ0n) is 8.83. The first-order chi connectivity index (χ1) is 7.46. The monoisotopic (exact) mass is 309 g/mol. The van der Waals surface area contributed by atoms with Crippen molar-refractivity contribution < 1.29 is 12.8 Å². The van der Waals surface area contributed by atoms with E-state index in [2.05, 4.69) is 21.2 Å². The molecule has 0 saturated heterocycles. The molecule has 0 aliphatic heterocycles. The largest absolute Gasteiger partial charge is 0.381 e. The van der Waals surface area contributed by atoms with Gasteiger partial charge in [0.25, 0.3) is 0 Å². The van der Waals surface area contributed by atoms with Crippen LogP contribution in [-0.2, 0) is 9.84 Å². The molecular formula is C10H13BrFNO2S. The number of nitrogens with one attached hydrogen (secondary N) is 1. The summed E-state index contributed by atoms with van der Waals surface area (Å²) in [4.78, 5) is 0. The summed E-state index contributed by atoms with van der Waals surface area (Å²) in [5, 5.41) is 2.77. The van der Waals surface area contributed by atoms with E-state index in [4.69, 9.17) is 0 Å². The highest BCUT2D eigenvalue weighted by atomic mass is 79.9. The molecule has 0 fully saturated rings. The highest BCUT2D eigenvalue weighted by Crippen LogP contribution is 2.24. The summed E-state index contributed by atoms with van der Waals surface area (Å²) in [5.41, 5.74) is 0.300. The van der Waals surface area contributed by atoms with Gasteiger partial charge in [-0.3, -0.25) is 0 Å². The number of anilines is 1. The quantitative estimate of drug-likeness (QED) is 0.908. The van der Waals surface area contributed by atoms with Gasteiger partial charge in [-0.25, -0.2) is 12.8 Å². The van der Waals surface area contributed by atoms with Gasteiger partial charge in [0.2, 0.25) is 0 Å². The Morgan fingerprint density at radius 3 is 2.69 bits per heavy atom. The van der Waals surface area contributed by atoms with E-state index in [1.165, 1.54) is 6.07 Å². The molecule has 0 aliphatic carbocycles. The van der Waals surface area contributed by atoms with E-state index in [1.54, 1.807) is 19.1 Å². The molecule has 90 valence electrons. The van der Waals surface area contributed by atoms with Crippen molar-refractivity contribution in [1.82, 2.24) is 0 Å². The molecule has 0 bridgehead atoms. The average molecular weight is 310 g/mol. The van der Waals surface area contributed by atoms with Crippen LogP contribution in [0, 0.1) is 5.82 Å². The average Bonchev–Trinajstić information content (AvgIpc) is 2.22. The van der Waals surface area contributed by atoms with Gasteiger partial charge in [0, 0.05) is 16.8 Å². The number of sulfone groups is 1. The van der Waals surface area contributed by atoms with Crippen LogP contribution in [0.1, 0.15) is 6.92 Å². The van der Waals surface area contributed by atoms with Crippen molar-refractivity contribution in [2.45, 2.75) is 6.92 Å². The van der Waals surface area contributed by atoms with E-state index >= 15 is 0 Å². The molecule has 1 N–H and O–H groups in total. The van der Waals surface area contributed by atoms with E-state index in [0.717, 1.165) is 0 Å². The molecule has 0 amide bonds. The molecule has 0 spiro atoms. The summed E-state index contributed by atoms with van der Waals surface area (Å²) in [7, 11) is -3.02. The first-order valence-electron chi connectivity index (χ1n) is 4.84. The van der Waals surface area contributed by atoms with Gasteiger partial charge in [-0.15, -0.1) is 0 Å². The van der Waals surface area contributed by atoms with Gasteiger partial charge >= 0.3 is 0 Å². The Labute approximate surface area is 103 Å². The Bertz CT molecular complexity index is 442. The van der Waals surface area contributed by atoms with Crippen LogP contribution in [0.3, 0.4) is 0 Å². The Kier molecular flexibility index (Phi) is 4.73. The third-order valence-corrected chi connectivity index (χ3v) is 4.48. The molecule has 1 aromatic rings. The van der Waals surface area contributed by atoms with Crippen LogP contribution in [0.2, 0.25) is 0 Å². The number of rotatable bonds is 5. The van der Waals surface area contributed by atoms with Crippen molar-refractivity contribution in [1.29, 1.82) is 0 Å². The zero-order chi connectivity index (χ0) is 12.2. The molecule has 0 aromatic heterocycles. The third-order valence-electron chi connectivity index (χ3n) is 2.12.